The highest BCUT2D eigenvalue weighted by molar-refractivity contribution is 6.06. The van der Waals surface area contributed by atoms with Crippen molar-refractivity contribution in [2.75, 3.05) is 0 Å². The number of benzene rings is 6. The van der Waals surface area contributed by atoms with E-state index in [2.05, 4.69) is 122 Å². The third-order valence-corrected chi connectivity index (χ3v) is 9.72. The number of rotatable bonds is 4. The molecule has 0 aliphatic heterocycles. The lowest BCUT2D eigenvalue weighted by Gasteiger charge is -2.25. The molecule has 0 unspecified atom stereocenters. The van der Waals surface area contributed by atoms with Crippen LogP contribution < -0.4 is 0 Å². The molecule has 0 saturated heterocycles. The second kappa shape index (κ2) is 10.6. The first-order valence-corrected chi connectivity index (χ1v) is 16.1. The molecule has 8 aromatic rings. The molecule has 222 valence electrons. The van der Waals surface area contributed by atoms with Crippen molar-refractivity contribution in [3.63, 3.8) is 0 Å². The van der Waals surface area contributed by atoms with Crippen LogP contribution in [0.5, 0.6) is 0 Å². The summed E-state index contributed by atoms with van der Waals surface area (Å²) in [7, 11) is 0. The second-order valence-corrected chi connectivity index (χ2v) is 12.8. The molecule has 3 heteroatoms. The summed E-state index contributed by atoms with van der Waals surface area (Å²) in [5, 5.41) is 4.87. The van der Waals surface area contributed by atoms with Crippen molar-refractivity contribution in [1.29, 1.82) is 0 Å². The standard InChI is InChI=1S/C44H31N3/c1-44(2)38-26-30-16-7-6-15-29(30)25-37(38)35-20-12-19-34(42(35)44)33-22-23-36(32-18-9-8-17-31(32)33)43-46-40(28-13-4-3-5-14-28)27-41(47-43)39-21-10-11-24-45-39/h3-27H,1-2H3. The Morgan fingerprint density at radius 3 is 1.85 bits per heavy atom. The first kappa shape index (κ1) is 27.4. The van der Waals surface area contributed by atoms with Crippen LogP contribution in [0.4, 0.5) is 0 Å². The van der Waals surface area contributed by atoms with Gasteiger partial charge in [0.05, 0.1) is 17.1 Å². The number of hydrogen-bond acceptors (Lipinski definition) is 3. The van der Waals surface area contributed by atoms with E-state index in [1.54, 1.807) is 0 Å². The lowest BCUT2D eigenvalue weighted by Crippen LogP contribution is -2.16. The van der Waals surface area contributed by atoms with E-state index in [9.17, 15) is 0 Å². The van der Waals surface area contributed by atoms with Crippen LogP contribution in [0.25, 0.3) is 77.8 Å². The monoisotopic (exact) mass is 601 g/mol. The molecule has 0 N–H and O–H groups in total. The maximum Gasteiger partial charge on any atom is 0.161 e. The smallest absolute Gasteiger partial charge is 0.161 e. The van der Waals surface area contributed by atoms with Gasteiger partial charge in [-0.1, -0.05) is 123 Å². The number of aromatic nitrogens is 3. The molecule has 47 heavy (non-hydrogen) atoms. The molecule has 0 radical (unpaired) electrons. The third-order valence-electron chi connectivity index (χ3n) is 9.72. The van der Waals surface area contributed by atoms with Gasteiger partial charge in [-0.2, -0.15) is 0 Å². The fraction of sp³-hybridized carbons (Fsp3) is 0.0682. The van der Waals surface area contributed by atoms with Crippen LogP contribution in [0, 0.1) is 0 Å². The van der Waals surface area contributed by atoms with Crippen LogP contribution >= 0.6 is 0 Å². The number of nitrogens with zero attached hydrogens (tertiary/aromatic N) is 3. The summed E-state index contributed by atoms with van der Waals surface area (Å²) in [6.45, 7) is 4.74. The quantitative estimate of drug-likeness (QED) is 0.201. The topological polar surface area (TPSA) is 38.7 Å². The highest BCUT2D eigenvalue weighted by Gasteiger charge is 2.38. The minimum absolute atomic E-state index is 0.157. The van der Waals surface area contributed by atoms with Gasteiger partial charge in [0.2, 0.25) is 0 Å². The Hall–Kier alpha value is -5.93. The molecule has 9 rings (SSSR count). The molecule has 1 aliphatic carbocycles. The molecule has 2 heterocycles. The molecule has 0 bridgehead atoms. The Bertz CT molecular complexity index is 2420. The minimum atomic E-state index is -0.157. The van der Waals surface area contributed by atoms with Crippen LogP contribution in [0.1, 0.15) is 25.0 Å². The molecule has 0 amide bonds. The first-order chi connectivity index (χ1) is 23.1. The lowest BCUT2D eigenvalue weighted by molar-refractivity contribution is 0.663. The van der Waals surface area contributed by atoms with Gasteiger partial charge in [0.1, 0.15) is 0 Å². The molecule has 1 aliphatic rings. The van der Waals surface area contributed by atoms with Crippen molar-refractivity contribution in [2.45, 2.75) is 19.3 Å². The third kappa shape index (κ3) is 4.39. The average Bonchev–Trinajstić information content (AvgIpc) is 3.36. The summed E-state index contributed by atoms with van der Waals surface area (Å²) < 4.78 is 0. The van der Waals surface area contributed by atoms with Gasteiger partial charge in [0, 0.05) is 22.7 Å². The summed E-state index contributed by atoms with van der Waals surface area (Å²) >= 11 is 0. The summed E-state index contributed by atoms with van der Waals surface area (Å²) in [6.07, 6.45) is 1.81. The van der Waals surface area contributed by atoms with E-state index in [0.29, 0.717) is 5.82 Å². The summed E-state index contributed by atoms with van der Waals surface area (Å²) in [4.78, 5) is 14.9. The van der Waals surface area contributed by atoms with Gasteiger partial charge in [-0.25, -0.2) is 9.97 Å². The highest BCUT2D eigenvalue weighted by Crippen LogP contribution is 2.54. The van der Waals surface area contributed by atoms with Crippen molar-refractivity contribution in [3.8, 4) is 56.3 Å². The van der Waals surface area contributed by atoms with Crippen molar-refractivity contribution < 1.29 is 0 Å². The van der Waals surface area contributed by atoms with Gasteiger partial charge in [0.15, 0.2) is 5.82 Å². The zero-order chi connectivity index (χ0) is 31.5. The molecule has 6 aromatic carbocycles. The van der Waals surface area contributed by atoms with Crippen molar-refractivity contribution in [3.05, 3.63) is 163 Å². The van der Waals surface area contributed by atoms with Gasteiger partial charge in [-0.05, 0) is 91.3 Å². The van der Waals surface area contributed by atoms with E-state index in [-0.39, 0.29) is 5.41 Å². The maximum absolute atomic E-state index is 5.15. The molecule has 0 fully saturated rings. The van der Waals surface area contributed by atoms with Gasteiger partial charge in [0.25, 0.3) is 0 Å². The van der Waals surface area contributed by atoms with E-state index < -0.39 is 0 Å². The molecular weight excluding hydrogens is 571 g/mol. The fourth-order valence-electron chi connectivity index (χ4n) is 7.49. The Morgan fingerprint density at radius 1 is 0.447 bits per heavy atom. The highest BCUT2D eigenvalue weighted by atomic mass is 14.9. The molecule has 0 atom stereocenters. The first-order valence-electron chi connectivity index (χ1n) is 16.1. The number of pyridine rings is 1. The van der Waals surface area contributed by atoms with E-state index in [1.807, 2.05) is 48.7 Å². The van der Waals surface area contributed by atoms with Crippen LogP contribution in [-0.4, -0.2) is 15.0 Å². The Labute approximate surface area is 274 Å². The molecule has 2 aromatic heterocycles. The van der Waals surface area contributed by atoms with Gasteiger partial charge >= 0.3 is 0 Å². The van der Waals surface area contributed by atoms with E-state index >= 15 is 0 Å². The van der Waals surface area contributed by atoms with Crippen molar-refractivity contribution in [2.24, 2.45) is 0 Å². The lowest BCUT2D eigenvalue weighted by atomic mass is 9.78. The van der Waals surface area contributed by atoms with Gasteiger partial charge in [-0.15, -0.1) is 0 Å². The zero-order valence-electron chi connectivity index (χ0n) is 26.3. The molecule has 3 nitrogen and oxygen atoms in total. The van der Waals surface area contributed by atoms with Crippen LogP contribution in [0.2, 0.25) is 0 Å². The van der Waals surface area contributed by atoms with Crippen LogP contribution in [0.3, 0.4) is 0 Å². The summed E-state index contributed by atoms with van der Waals surface area (Å²) in [5.74, 6) is 0.687. The van der Waals surface area contributed by atoms with Crippen LogP contribution in [0.15, 0.2) is 152 Å². The predicted octanol–water partition coefficient (Wildman–Crippen LogP) is 11.2. The van der Waals surface area contributed by atoms with Gasteiger partial charge in [-0.3, -0.25) is 4.98 Å². The Kier molecular flexibility index (Phi) is 6.16. The predicted molar refractivity (Wildman–Crippen MR) is 194 cm³/mol. The van der Waals surface area contributed by atoms with Crippen molar-refractivity contribution in [1.82, 2.24) is 15.0 Å². The number of fused-ring (bicyclic) bond motifs is 5. The number of hydrogen-bond donors (Lipinski definition) is 0. The van der Waals surface area contributed by atoms with Crippen molar-refractivity contribution >= 4 is 21.5 Å². The fourth-order valence-corrected chi connectivity index (χ4v) is 7.49. The normalized spacial score (nSPS) is 13.1. The Balaban J connectivity index is 1.25. The van der Waals surface area contributed by atoms with E-state index in [1.165, 1.54) is 49.5 Å². The summed E-state index contributed by atoms with van der Waals surface area (Å²) in [5.41, 5.74) is 12.3. The maximum atomic E-state index is 5.15. The summed E-state index contributed by atoms with van der Waals surface area (Å²) in [6, 6.07) is 51.6. The average molecular weight is 602 g/mol. The zero-order valence-corrected chi connectivity index (χ0v) is 26.3. The molecule has 0 saturated carbocycles. The largest absolute Gasteiger partial charge is 0.255 e. The second-order valence-electron chi connectivity index (χ2n) is 12.8. The van der Waals surface area contributed by atoms with Gasteiger partial charge < -0.3 is 0 Å². The minimum Gasteiger partial charge on any atom is -0.255 e. The van der Waals surface area contributed by atoms with E-state index in [4.69, 9.17) is 9.97 Å². The SMILES string of the molecule is CC1(C)c2cc3ccccc3cc2-c2cccc(-c3ccc(-c4nc(-c5ccccc5)cc(-c5ccccn5)n4)c4ccccc34)c21. The Morgan fingerprint density at radius 2 is 1.09 bits per heavy atom. The van der Waals surface area contributed by atoms with Crippen LogP contribution in [-0.2, 0) is 5.41 Å². The molecule has 0 spiro atoms. The van der Waals surface area contributed by atoms with E-state index in [0.717, 1.165) is 33.6 Å². The molecular formula is C44H31N3.